The molecule has 0 spiro atoms. The minimum Gasteiger partial charge on any atom is -0.350 e. The van der Waals surface area contributed by atoms with Gasteiger partial charge in [-0.2, -0.15) is 0 Å². The molecule has 2 N–H and O–H groups in total. The van der Waals surface area contributed by atoms with Crippen molar-refractivity contribution < 1.29 is 4.84 Å². The molecule has 0 aliphatic carbocycles. The normalized spacial score (nSPS) is 13.3. The molecule has 15 heavy (non-hydrogen) atoms. The lowest BCUT2D eigenvalue weighted by Crippen LogP contribution is -2.09. The highest BCUT2D eigenvalue weighted by Gasteiger charge is 2.11. The Hall–Kier alpha value is -1.32. The maximum absolute atomic E-state index is 5.12. The van der Waals surface area contributed by atoms with E-state index in [-0.39, 0.29) is 0 Å². The van der Waals surface area contributed by atoms with Crippen LogP contribution in [0.4, 0.5) is 0 Å². The zero-order chi connectivity index (χ0) is 10.8. The molecule has 2 rings (SSSR count). The molecule has 0 amide bonds. The van der Waals surface area contributed by atoms with E-state index in [1.807, 2.05) is 0 Å². The lowest BCUT2D eigenvalue weighted by molar-refractivity contribution is 0.127. The second-order valence-corrected chi connectivity index (χ2v) is 3.95. The summed E-state index contributed by atoms with van der Waals surface area (Å²) < 4.78 is 2.14. The minimum absolute atomic E-state index is 0.312. The fraction of sp³-hybridized carbons (Fsp3) is 0.333. The summed E-state index contributed by atoms with van der Waals surface area (Å²) in [7, 11) is 2.06. The molecule has 1 aromatic heterocycles. The van der Waals surface area contributed by atoms with Crippen LogP contribution in [0.1, 0.15) is 18.4 Å². The SMILES string of the molecule is CC(CON)c1cccc2ccn(C)c12. The Labute approximate surface area is 89.4 Å². The standard InChI is InChI=1S/C12H16N2O/c1-9(8-15-13)11-5-3-4-10-6-7-14(2)12(10)11/h3-7,9H,8,13H2,1-2H3. The van der Waals surface area contributed by atoms with E-state index < -0.39 is 0 Å². The van der Waals surface area contributed by atoms with E-state index in [9.17, 15) is 0 Å². The molecular weight excluding hydrogens is 188 g/mol. The summed E-state index contributed by atoms with van der Waals surface area (Å²) in [6, 6.07) is 8.44. The van der Waals surface area contributed by atoms with E-state index in [1.165, 1.54) is 16.5 Å². The number of nitrogens with two attached hydrogens (primary N) is 1. The Morgan fingerprint density at radius 3 is 2.93 bits per heavy atom. The van der Waals surface area contributed by atoms with Crippen LogP contribution in [0, 0.1) is 0 Å². The quantitative estimate of drug-likeness (QED) is 0.778. The predicted octanol–water partition coefficient (Wildman–Crippen LogP) is 2.17. The maximum Gasteiger partial charge on any atom is 0.0745 e. The first-order valence-electron chi connectivity index (χ1n) is 5.09. The second-order valence-electron chi connectivity index (χ2n) is 3.95. The molecule has 0 bridgehead atoms. The number of aryl methyl sites for hydroxylation is 1. The van der Waals surface area contributed by atoms with E-state index in [1.54, 1.807) is 0 Å². The lowest BCUT2D eigenvalue weighted by atomic mass is 10.00. The first-order chi connectivity index (χ1) is 7.24. The van der Waals surface area contributed by atoms with Gasteiger partial charge in [-0.1, -0.05) is 25.1 Å². The van der Waals surface area contributed by atoms with Crippen molar-refractivity contribution in [3.8, 4) is 0 Å². The van der Waals surface area contributed by atoms with Crippen LogP contribution in [0.5, 0.6) is 0 Å². The number of aromatic nitrogens is 1. The molecule has 0 fully saturated rings. The average Bonchev–Trinajstić information content (AvgIpc) is 2.61. The predicted molar refractivity (Wildman–Crippen MR) is 61.5 cm³/mol. The highest BCUT2D eigenvalue weighted by atomic mass is 16.6. The molecule has 1 aromatic carbocycles. The number of hydrogen-bond donors (Lipinski definition) is 1. The van der Waals surface area contributed by atoms with Crippen molar-refractivity contribution in [3.05, 3.63) is 36.0 Å². The molecule has 0 radical (unpaired) electrons. The number of nitrogens with zero attached hydrogens (tertiary/aromatic N) is 1. The van der Waals surface area contributed by atoms with Crippen molar-refractivity contribution in [1.29, 1.82) is 0 Å². The van der Waals surface area contributed by atoms with Gasteiger partial charge in [-0.25, -0.2) is 5.90 Å². The minimum atomic E-state index is 0.312. The Morgan fingerprint density at radius 1 is 1.40 bits per heavy atom. The van der Waals surface area contributed by atoms with Gasteiger partial charge in [0.15, 0.2) is 0 Å². The first kappa shape index (κ1) is 10.2. The van der Waals surface area contributed by atoms with Crippen LogP contribution in [-0.2, 0) is 11.9 Å². The summed E-state index contributed by atoms with van der Waals surface area (Å²) >= 11 is 0. The molecule has 0 saturated heterocycles. The van der Waals surface area contributed by atoms with Gasteiger partial charge in [-0.05, 0) is 17.0 Å². The van der Waals surface area contributed by atoms with Crippen LogP contribution < -0.4 is 5.90 Å². The highest BCUT2D eigenvalue weighted by Crippen LogP contribution is 2.25. The van der Waals surface area contributed by atoms with Crippen molar-refractivity contribution in [2.45, 2.75) is 12.8 Å². The van der Waals surface area contributed by atoms with Gasteiger partial charge >= 0.3 is 0 Å². The Morgan fingerprint density at radius 2 is 2.20 bits per heavy atom. The summed E-state index contributed by atoms with van der Waals surface area (Å²) in [4.78, 5) is 4.71. The summed E-state index contributed by atoms with van der Waals surface area (Å²) in [6.45, 7) is 2.67. The Bertz CT molecular complexity index is 462. The largest absolute Gasteiger partial charge is 0.350 e. The van der Waals surface area contributed by atoms with Crippen molar-refractivity contribution in [2.24, 2.45) is 12.9 Å². The van der Waals surface area contributed by atoms with Crippen molar-refractivity contribution in [3.63, 3.8) is 0 Å². The van der Waals surface area contributed by atoms with Gasteiger partial charge in [0, 0.05) is 19.2 Å². The molecule has 80 valence electrons. The third-order valence-electron chi connectivity index (χ3n) is 2.81. The molecule has 1 unspecified atom stereocenters. The third-order valence-corrected chi connectivity index (χ3v) is 2.81. The van der Waals surface area contributed by atoms with Gasteiger partial charge in [0.05, 0.1) is 12.1 Å². The fourth-order valence-corrected chi connectivity index (χ4v) is 2.02. The molecule has 2 aromatic rings. The van der Waals surface area contributed by atoms with Crippen LogP contribution in [0.3, 0.4) is 0 Å². The molecule has 0 saturated carbocycles. The van der Waals surface area contributed by atoms with Gasteiger partial charge in [0.1, 0.15) is 0 Å². The second kappa shape index (κ2) is 4.04. The van der Waals surface area contributed by atoms with E-state index in [4.69, 9.17) is 10.7 Å². The van der Waals surface area contributed by atoms with Crippen molar-refractivity contribution >= 4 is 10.9 Å². The van der Waals surface area contributed by atoms with Crippen LogP contribution >= 0.6 is 0 Å². The summed E-state index contributed by atoms with van der Waals surface area (Å²) in [5, 5.41) is 1.26. The average molecular weight is 204 g/mol. The number of para-hydroxylation sites is 1. The molecule has 1 heterocycles. The van der Waals surface area contributed by atoms with E-state index in [2.05, 4.69) is 49.0 Å². The van der Waals surface area contributed by atoms with E-state index >= 15 is 0 Å². The first-order valence-corrected chi connectivity index (χ1v) is 5.09. The van der Waals surface area contributed by atoms with Crippen LogP contribution in [0.15, 0.2) is 30.5 Å². The molecule has 0 aliphatic heterocycles. The van der Waals surface area contributed by atoms with Gasteiger partial charge in [-0.3, -0.25) is 0 Å². The zero-order valence-electron chi connectivity index (χ0n) is 9.10. The van der Waals surface area contributed by atoms with Crippen LogP contribution in [0.2, 0.25) is 0 Å². The third kappa shape index (κ3) is 1.76. The topological polar surface area (TPSA) is 40.2 Å². The zero-order valence-corrected chi connectivity index (χ0v) is 9.10. The van der Waals surface area contributed by atoms with Crippen molar-refractivity contribution in [1.82, 2.24) is 4.57 Å². The summed E-state index contributed by atoms with van der Waals surface area (Å²) in [6.07, 6.45) is 2.07. The van der Waals surface area contributed by atoms with Gasteiger partial charge < -0.3 is 9.40 Å². The van der Waals surface area contributed by atoms with Gasteiger partial charge in [0.2, 0.25) is 0 Å². The molecule has 3 nitrogen and oxygen atoms in total. The van der Waals surface area contributed by atoms with E-state index in [0.29, 0.717) is 12.5 Å². The van der Waals surface area contributed by atoms with Crippen molar-refractivity contribution in [2.75, 3.05) is 6.61 Å². The van der Waals surface area contributed by atoms with Crippen LogP contribution in [-0.4, -0.2) is 11.2 Å². The van der Waals surface area contributed by atoms with Gasteiger partial charge in [-0.15, -0.1) is 0 Å². The van der Waals surface area contributed by atoms with Gasteiger partial charge in [0.25, 0.3) is 0 Å². The number of hydrogen-bond acceptors (Lipinski definition) is 2. The molecule has 3 heteroatoms. The Balaban J connectivity index is 2.54. The molecular formula is C12H16N2O. The summed E-state index contributed by atoms with van der Waals surface area (Å²) in [5.74, 6) is 5.43. The smallest absolute Gasteiger partial charge is 0.0745 e. The van der Waals surface area contributed by atoms with Crippen LogP contribution in [0.25, 0.3) is 10.9 Å². The number of fused-ring (bicyclic) bond motifs is 1. The summed E-state index contributed by atoms with van der Waals surface area (Å²) in [5.41, 5.74) is 2.55. The maximum atomic E-state index is 5.12. The monoisotopic (exact) mass is 204 g/mol. The highest BCUT2D eigenvalue weighted by molar-refractivity contribution is 5.83. The Kier molecular flexibility index (Phi) is 2.75. The number of benzene rings is 1. The van der Waals surface area contributed by atoms with E-state index in [0.717, 1.165) is 0 Å². The lowest BCUT2D eigenvalue weighted by Gasteiger charge is -2.12. The molecule has 0 aliphatic rings. The molecule has 1 atom stereocenters. The fourth-order valence-electron chi connectivity index (χ4n) is 2.02. The number of rotatable bonds is 3.